The highest BCUT2D eigenvalue weighted by Gasteiger charge is 2.23. The van der Waals surface area contributed by atoms with Crippen molar-refractivity contribution in [3.63, 3.8) is 0 Å². The summed E-state index contributed by atoms with van der Waals surface area (Å²) >= 11 is 0. The second-order valence-corrected chi connectivity index (χ2v) is 5.52. The molecule has 0 radical (unpaired) electrons. The molecular formula is C16H19N3O2. The first kappa shape index (κ1) is 13.8. The van der Waals surface area contributed by atoms with E-state index >= 15 is 0 Å². The van der Waals surface area contributed by atoms with Crippen molar-refractivity contribution in [1.29, 1.82) is 0 Å². The van der Waals surface area contributed by atoms with Crippen molar-refractivity contribution in [1.82, 2.24) is 15.1 Å². The summed E-state index contributed by atoms with van der Waals surface area (Å²) in [6, 6.07) is 5.97. The Bertz CT molecular complexity index is 689. The fourth-order valence-electron chi connectivity index (χ4n) is 2.68. The van der Waals surface area contributed by atoms with Crippen molar-refractivity contribution in [3.8, 4) is 5.75 Å². The van der Waals surface area contributed by atoms with Gasteiger partial charge in [-0.2, -0.15) is 5.10 Å². The van der Waals surface area contributed by atoms with E-state index in [2.05, 4.69) is 10.4 Å². The van der Waals surface area contributed by atoms with E-state index in [4.69, 9.17) is 4.74 Å². The number of fused-ring (bicyclic) bond motifs is 1. The van der Waals surface area contributed by atoms with E-state index in [0.29, 0.717) is 17.0 Å². The standard InChI is InChI=1S/C16H19N3O2/c1-10(2)19-15(14(21-3)9-18-19)16(20)11-4-5-12-7-17-8-13(12)6-11/h4-6,9-10,17H,7-8H2,1-3H3. The molecular weight excluding hydrogens is 266 g/mol. The number of nitrogens with zero attached hydrogens (tertiary/aromatic N) is 2. The van der Waals surface area contributed by atoms with Crippen LogP contribution in [0, 0.1) is 0 Å². The van der Waals surface area contributed by atoms with Crippen LogP contribution in [0.2, 0.25) is 0 Å². The molecule has 0 bridgehead atoms. The fraction of sp³-hybridized carbons (Fsp3) is 0.375. The number of nitrogens with one attached hydrogen (secondary N) is 1. The normalized spacial score (nSPS) is 13.5. The second kappa shape index (κ2) is 5.33. The molecule has 1 aliphatic rings. The van der Waals surface area contributed by atoms with Crippen LogP contribution in [-0.4, -0.2) is 22.7 Å². The summed E-state index contributed by atoms with van der Waals surface area (Å²) in [6.07, 6.45) is 1.60. The Labute approximate surface area is 123 Å². The predicted octanol–water partition coefficient (Wildman–Crippen LogP) is 2.31. The number of aromatic nitrogens is 2. The smallest absolute Gasteiger partial charge is 0.214 e. The molecule has 21 heavy (non-hydrogen) atoms. The molecule has 0 fully saturated rings. The summed E-state index contributed by atoms with van der Waals surface area (Å²) in [7, 11) is 1.56. The third-order valence-electron chi connectivity index (χ3n) is 3.79. The number of carbonyl (C=O) groups is 1. The minimum Gasteiger partial charge on any atom is -0.493 e. The number of ether oxygens (including phenoxy) is 1. The highest BCUT2D eigenvalue weighted by molar-refractivity contribution is 6.09. The molecule has 0 saturated heterocycles. The van der Waals surface area contributed by atoms with Gasteiger partial charge >= 0.3 is 0 Å². The lowest BCUT2D eigenvalue weighted by atomic mass is 10.0. The lowest BCUT2D eigenvalue weighted by molar-refractivity contribution is 0.102. The Morgan fingerprint density at radius 2 is 2.10 bits per heavy atom. The van der Waals surface area contributed by atoms with Crippen LogP contribution in [0.25, 0.3) is 0 Å². The van der Waals surface area contributed by atoms with Gasteiger partial charge in [0.25, 0.3) is 0 Å². The van der Waals surface area contributed by atoms with Gasteiger partial charge in [-0.25, -0.2) is 0 Å². The van der Waals surface area contributed by atoms with Crippen LogP contribution in [0.15, 0.2) is 24.4 Å². The Hall–Kier alpha value is -2.14. The van der Waals surface area contributed by atoms with Gasteiger partial charge in [0.1, 0.15) is 0 Å². The molecule has 0 saturated carbocycles. The van der Waals surface area contributed by atoms with E-state index in [1.54, 1.807) is 18.0 Å². The van der Waals surface area contributed by atoms with E-state index in [-0.39, 0.29) is 11.8 Å². The van der Waals surface area contributed by atoms with E-state index in [0.717, 1.165) is 13.1 Å². The molecule has 0 aliphatic carbocycles. The molecule has 1 aromatic heterocycles. The van der Waals surface area contributed by atoms with Crippen molar-refractivity contribution in [2.24, 2.45) is 0 Å². The molecule has 2 heterocycles. The summed E-state index contributed by atoms with van der Waals surface area (Å²) in [5.74, 6) is 0.472. The van der Waals surface area contributed by atoms with Gasteiger partial charge in [0.15, 0.2) is 11.4 Å². The third kappa shape index (κ3) is 2.34. The number of rotatable bonds is 4. The molecule has 1 aromatic carbocycles. The third-order valence-corrected chi connectivity index (χ3v) is 3.79. The maximum atomic E-state index is 12.9. The number of benzene rings is 1. The van der Waals surface area contributed by atoms with Gasteiger partial charge in [-0.05, 0) is 31.0 Å². The molecule has 0 spiro atoms. The van der Waals surface area contributed by atoms with Crippen LogP contribution < -0.4 is 10.1 Å². The molecule has 0 amide bonds. The summed E-state index contributed by atoms with van der Waals surface area (Å²) in [4.78, 5) is 12.9. The zero-order valence-electron chi connectivity index (χ0n) is 12.5. The van der Waals surface area contributed by atoms with Gasteiger partial charge in [-0.3, -0.25) is 9.48 Å². The Balaban J connectivity index is 2.04. The Kier molecular flexibility index (Phi) is 3.51. The number of methoxy groups -OCH3 is 1. The van der Waals surface area contributed by atoms with Crippen LogP contribution >= 0.6 is 0 Å². The van der Waals surface area contributed by atoms with Gasteiger partial charge < -0.3 is 10.1 Å². The molecule has 1 N–H and O–H groups in total. The summed E-state index contributed by atoms with van der Waals surface area (Å²) < 4.78 is 7.01. The van der Waals surface area contributed by atoms with Crippen molar-refractivity contribution >= 4 is 5.78 Å². The van der Waals surface area contributed by atoms with Crippen LogP contribution in [-0.2, 0) is 13.1 Å². The zero-order valence-corrected chi connectivity index (χ0v) is 12.5. The van der Waals surface area contributed by atoms with Crippen LogP contribution in [0.4, 0.5) is 0 Å². The van der Waals surface area contributed by atoms with Gasteiger partial charge in [0, 0.05) is 24.7 Å². The van der Waals surface area contributed by atoms with E-state index in [1.807, 2.05) is 32.0 Å². The second-order valence-electron chi connectivity index (χ2n) is 5.52. The monoisotopic (exact) mass is 285 g/mol. The van der Waals surface area contributed by atoms with Crippen molar-refractivity contribution < 1.29 is 9.53 Å². The molecule has 5 nitrogen and oxygen atoms in total. The van der Waals surface area contributed by atoms with Gasteiger partial charge in [-0.15, -0.1) is 0 Å². The minimum atomic E-state index is -0.0484. The quantitative estimate of drug-likeness (QED) is 0.876. The average Bonchev–Trinajstić information content (AvgIpc) is 3.11. The summed E-state index contributed by atoms with van der Waals surface area (Å²) in [5.41, 5.74) is 3.64. The highest BCUT2D eigenvalue weighted by atomic mass is 16.5. The zero-order chi connectivity index (χ0) is 15.0. The van der Waals surface area contributed by atoms with E-state index in [9.17, 15) is 4.79 Å². The lowest BCUT2D eigenvalue weighted by Crippen LogP contribution is -2.14. The van der Waals surface area contributed by atoms with Gasteiger partial charge in [-0.1, -0.05) is 12.1 Å². The number of hydrogen-bond acceptors (Lipinski definition) is 4. The fourth-order valence-corrected chi connectivity index (χ4v) is 2.68. The topological polar surface area (TPSA) is 56.2 Å². The molecule has 5 heteroatoms. The molecule has 0 unspecified atom stereocenters. The molecule has 0 atom stereocenters. The van der Waals surface area contributed by atoms with Crippen molar-refractivity contribution in [2.45, 2.75) is 33.0 Å². The minimum absolute atomic E-state index is 0.0484. The lowest BCUT2D eigenvalue weighted by Gasteiger charge is -2.12. The molecule has 1 aliphatic heterocycles. The molecule has 110 valence electrons. The van der Waals surface area contributed by atoms with Crippen molar-refractivity contribution in [2.75, 3.05) is 7.11 Å². The summed E-state index contributed by atoms with van der Waals surface area (Å²) in [5, 5.41) is 7.55. The van der Waals surface area contributed by atoms with E-state index in [1.165, 1.54) is 11.1 Å². The average molecular weight is 285 g/mol. The largest absolute Gasteiger partial charge is 0.493 e. The maximum absolute atomic E-state index is 12.9. The highest BCUT2D eigenvalue weighted by Crippen LogP contribution is 2.26. The van der Waals surface area contributed by atoms with Gasteiger partial charge in [0.2, 0.25) is 5.78 Å². The van der Waals surface area contributed by atoms with Gasteiger partial charge in [0.05, 0.1) is 13.3 Å². The molecule has 2 aromatic rings. The predicted molar refractivity (Wildman–Crippen MR) is 79.6 cm³/mol. The first-order valence-electron chi connectivity index (χ1n) is 7.10. The van der Waals surface area contributed by atoms with E-state index < -0.39 is 0 Å². The Morgan fingerprint density at radius 3 is 2.81 bits per heavy atom. The number of hydrogen-bond donors (Lipinski definition) is 1. The van der Waals surface area contributed by atoms with Crippen LogP contribution in [0.1, 0.15) is 47.1 Å². The first-order chi connectivity index (χ1) is 10.1. The van der Waals surface area contributed by atoms with Crippen LogP contribution in [0.3, 0.4) is 0 Å². The van der Waals surface area contributed by atoms with Crippen molar-refractivity contribution in [3.05, 3.63) is 46.8 Å². The number of ketones is 1. The SMILES string of the molecule is COc1cnn(C(C)C)c1C(=O)c1ccc2c(c1)CNC2. The first-order valence-corrected chi connectivity index (χ1v) is 7.10. The Morgan fingerprint density at radius 1 is 1.33 bits per heavy atom. The maximum Gasteiger partial charge on any atom is 0.214 e. The molecule has 3 rings (SSSR count). The number of carbonyl (C=O) groups excluding carboxylic acids is 1. The van der Waals surface area contributed by atoms with Crippen LogP contribution in [0.5, 0.6) is 5.75 Å². The summed E-state index contributed by atoms with van der Waals surface area (Å²) in [6.45, 7) is 5.68.